The maximum atomic E-state index is 12.6. The summed E-state index contributed by atoms with van der Waals surface area (Å²) in [6.45, 7) is 10.6. The number of amides is 1. The Morgan fingerprint density at radius 2 is 1.52 bits per heavy atom. The molecule has 1 aliphatic carbocycles. The molecule has 0 saturated heterocycles. The predicted molar refractivity (Wildman–Crippen MR) is 114 cm³/mol. The lowest BCUT2D eigenvalue weighted by Gasteiger charge is -2.13. The van der Waals surface area contributed by atoms with Gasteiger partial charge in [0.2, 0.25) is 0 Å². The maximum Gasteiger partial charge on any atom is 0.255 e. The number of nitrogens with one attached hydrogen (secondary N) is 2. The minimum atomic E-state index is -1.13. The van der Waals surface area contributed by atoms with Crippen molar-refractivity contribution in [2.45, 2.75) is 51.7 Å². The summed E-state index contributed by atoms with van der Waals surface area (Å²) in [6, 6.07) is 13.3. The second-order valence-corrected chi connectivity index (χ2v) is 9.50. The summed E-state index contributed by atoms with van der Waals surface area (Å²) in [7, 11) is -1.13. The van der Waals surface area contributed by atoms with Crippen LogP contribution in [0.15, 0.2) is 42.5 Å². The van der Waals surface area contributed by atoms with Gasteiger partial charge in [0, 0.05) is 22.2 Å². The normalized spacial score (nSPS) is 22.4. The second kappa shape index (κ2) is 7.85. The molecule has 0 saturated carbocycles. The first kappa shape index (κ1) is 19.6. The standard InChI is InChI=1S/C22H28N2O2S/c1-13(2)27(26)24-18-8-6-17(7-9-18)22(25)23-19-10-11-20-15(4)14(3)16(5)21(20)12-19/h6-16,24H,1-5H3,(H,23,25). The Morgan fingerprint density at radius 1 is 0.926 bits per heavy atom. The van der Waals surface area contributed by atoms with Gasteiger partial charge in [0.15, 0.2) is 0 Å². The van der Waals surface area contributed by atoms with Crippen molar-refractivity contribution < 1.29 is 9.00 Å². The molecule has 3 rings (SSSR count). The lowest BCUT2D eigenvalue weighted by atomic mass is 9.91. The average Bonchev–Trinajstić information content (AvgIpc) is 2.86. The Labute approximate surface area is 164 Å². The zero-order valence-electron chi connectivity index (χ0n) is 16.6. The van der Waals surface area contributed by atoms with Crippen LogP contribution in [-0.4, -0.2) is 15.4 Å². The highest BCUT2D eigenvalue weighted by molar-refractivity contribution is 7.86. The quantitative estimate of drug-likeness (QED) is 0.737. The molecule has 144 valence electrons. The van der Waals surface area contributed by atoms with Crippen molar-refractivity contribution in [3.63, 3.8) is 0 Å². The van der Waals surface area contributed by atoms with Gasteiger partial charge in [0.25, 0.3) is 5.91 Å². The van der Waals surface area contributed by atoms with Crippen LogP contribution in [0.5, 0.6) is 0 Å². The monoisotopic (exact) mass is 384 g/mol. The summed E-state index contributed by atoms with van der Waals surface area (Å²) >= 11 is 0. The number of hydrogen-bond acceptors (Lipinski definition) is 2. The summed E-state index contributed by atoms with van der Waals surface area (Å²) in [6.07, 6.45) is 0. The van der Waals surface area contributed by atoms with E-state index in [-0.39, 0.29) is 11.2 Å². The first-order valence-electron chi connectivity index (χ1n) is 9.50. The molecule has 27 heavy (non-hydrogen) atoms. The third-order valence-corrected chi connectivity index (χ3v) is 6.99. The van der Waals surface area contributed by atoms with Gasteiger partial charge in [-0.1, -0.05) is 26.8 Å². The molecule has 4 unspecified atom stereocenters. The first-order valence-corrected chi connectivity index (χ1v) is 10.7. The highest BCUT2D eigenvalue weighted by atomic mass is 32.2. The number of fused-ring (bicyclic) bond motifs is 1. The van der Waals surface area contributed by atoms with Crippen molar-refractivity contribution in [3.8, 4) is 0 Å². The number of anilines is 2. The number of rotatable bonds is 5. The molecule has 1 aliphatic rings. The van der Waals surface area contributed by atoms with Crippen molar-refractivity contribution in [2.75, 3.05) is 10.0 Å². The van der Waals surface area contributed by atoms with Gasteiger partial charge in [-0.2, -0.15) is 0 Å². The summed E-state index contributed by atoms with van der Waals surface area (Å²) in [4.78, 5) is 12.6. The largest absolute Gasteiger partial charge is 0.322 e. The van der Waals surface area contributed by atoms with E-state index >= 15 is 0 Å². The van der Waals surface area contributed by atoms with Gasteiger partial charge < -0.3 is 10.0 Å². The summed E-state index contributed by atoms with van der Waals surface area (Å²) in [5, 5.41) is 3.03. The fourth-order valence-electron chi connectivity index (χ4n) is 3.59. The maximum absolute atomic E-state index is 12.6. The van der Waals surface area contributed by atoms with Crippen LogP contribution in [0.25, 0.3) is 0 Å². The van der Waals surface area contributed by atoms with Gasteiger partial charge in [-0.05, 0) is 79.1 Å². The molecule has 2 aromatic carbocycles. The zero-order valence-corrected chi connectivity index (χ0v) is 17.4. The van der Waals surface area contributed by atoms with Crippen LogP contribution in [-0.2, 0) is 11.0 Å². The Morgan fingerprint density at radius 3 is 2.15 bits per heavy atom. The fourth-order valence-corrected chi connectivity index (χ4v) is 4.19. The van der Waals surface area contributed by atoms with Crippen LogP contribution in [0.4, 0.5) is 11.4 Å². The molecule has 0 aliphatic heterocycles. The van der Waals surface area contributed by atoms with E-state index in [1.807, 2.05) is 19.9 Å². The van der Waals surface area contributed by atoms with Crippen molar-refractivity contribution in [1.82, 2.24) is 0 Å². The van der Waals surface area contributed by atoms with E-state index < -0.39 is 11.0 Å². The number of carbonyl (C=O) groups excluding carboxylic acids is 1. The van der Waals surface area contributed by atoms with Crippen LogP contribution in [0, 0.1) is 5.92 Å². The highest BCUT2D eigenvalue weighted by Gasteiger charge is 2.32. The van der Waals surface area contributed by atoms with Crippen LogP contribution < -0.4 is 10.0 Å². The molecule has 0 heterocycles. The molecule has 0 spiro atoms. The topological polar surface area (TPSA) is 58.2 Å². The van der Waals surface area contributed by atoms with E-state index in [0.29, 0.717) is 23.3 Å². The third kappa shape index (κ3) is 4.08. The highest BCUT2D eigenvalue weighted by Crippen LogP contribution is 2.46. The molecular weight excluding hydrogens is 356 g/mol. The summed E-state index contributed by atoms with van der Waals surface area (Å²) < 4.78 is 14.8. The van der Waals surface area contributed by atoms with Gasteiger partial charge in [-0.25, -0.2) is 4.21 Å². The van der Waals surface area contributed by atoms with Crippen LogP contribution in [0.2, 0.25) is 0 Å². The van der Waals surface area contributed by atoms with E-state index in [0.717, 1.165) is 11.4 Å². The Balaban J connectivity index is 1.70. The number of hydrogen-bond donors (Lipinski definition) is 2. The van der Waals surface area contributed by atoms with E-state index in [9.17, 15) is 9.00 Å². The van der Waals surface area contributed by atoms with Crippen LogP contribution in [0.3, 0.4) is 0 Å². The molecule has 1 amide bonds. The molecule has 5 heteroatoms. The molecule has 2 aromatic rings. The van der Waals surface area contributed by atoms with E-state index in [1.165, 1.54) is 11.1 Å². The fraction of sp³-hybridized carbons (Fsp3) is 0.409. The van der Waals surface area contributed by atoms with Gasteiger partial charge in [-0.3, -0.25) is 4.79 Å². The van der Waals surface area contributed by atoms with Gasteiger partial charge in [0.1, 0.15) is 11.0 Å². The van der Waals surface area contributed by atoms with Crippen LogP contribution >= 0.6 is 0 Å². The van der Waals surface area contributed by atoms with Gasteiger partial charge in [0.05, 0.1) is 0 Å². The van der Waals surface area contributed by atoms with Crippen molar-refractivity contribution >= 4 is 28.3 Å². The van der Waals surface area contributed by atoms with E-state index in [1.54, 1.807) is 24.3 Å². The lowest BCUT2D eigenvalue weighted by Crippen LogP contribution is -2.15. The molecule has 0 fully saturated rings. The van der Waals surface area contributed by atoms with Crippen molar-refractivity contribution in [2.24, 2.45) is 5.92 Å². The average molecular weight is 385 g/mol. The molecule has 0 bridgehead atoms. The minimum absolute atomic E-state index is 0.0283. The third-order valence-electron chi connectivity index (χ3n) is 5.70. The first-order chi connectivity index (χ1) is 12.8. The zero-order chi connectivity index (χ0) is 19.7. The Hall–Kier alpha value is -2.14. The molecular formula is C22H28N2O2S. The van der Waals surface area contributed by atoms with Crippen LogP contribution in [0.1, 0.15) is 67.9 Å². The number of benzene rings is 2. The summed E-state index contributed by atoms with van der Waals surface area (Å²) in [5.74, 6) is 1.52. The molecule has 4 atom stereocenters. The van der Waals surface area contributed by atoms with E-state index in [2.05, 4.69) is 42.9 Å². The Kier molecular flexibility index (Phi) is 5.70. The Bertz CT molecular complexity index is 861. The minimum Gasteiger partial charge on any atom is -0.322 e. The van der Waals surface area contributed by atoms with Gasteiger partial charge >= 0.3 is 0 Å². The molecule has 0 aromatic heterocycles. The SMILES string of the molecule is CC1c2ccc(NC(=O)c3ccc(NS(=O)C(C)C)cc3)cc2C(C)C1C. The van der Waals surface area contributed by atoms with Gasteiger partial charge in [-0.15, -0.1) is 0 Å². The lowest BCUT2D eigenvalue weighted by molar-refractivity contribution is 0.102. The molecule has 2 N–H and O–H groups in total. The predicted octanol–water partition coefficient (Wildman–Crippen LogP) is 5.28. The second-order valence-electron chi connectivity index (χ2n) is 7.76. The summed E-state index contributed by atoms with van der Waals surface area (Å²) in [5.41, 5.74) is 4.87. The number of carbonyl (C=O) groups is 1. The van der Waals surface area contributed by atoms with Crippen molar-refractivity contribution in [3.05, 3.63) is 59.2 Å². The molecule has 4 nitrogen and oxygen atoms in total. The smallest absolute Gasteiger partial charge is 0.255 e. The molecule has 0 radical (unpaired) electrons. The van der Waals surface area contributed by atoms with Crippen molar-refractivity contribution in [1.29, 1.82) is 0 Å². The van der Waals surface area contributed by atoms with E-state index in [4.69, 9.17) is 0 Å².